The Morgan fingerprint density at radius 2 is 2.08 bits per heavy atom. The molecule has 130 valence electrons. The van der Waals surface area contributed by atoms with Gasteiger partial charge < -0.3 is 15.4 Å². The van der Waals surface area contributed by atoms with Gasteiger partial charge in [0.25, 0.3) is 5.91 Å². The van der Waals surface area contributed by atoms with Gasteiger partial charge in [-0.25, -0.2) is 0 Å². The second-order valence-electron chi connectivity index (χ2n) is 6.76. The third-order valence-electron chi connectivity index (χ3n) is 4.94. The van der Waals surface area contributed by atoms with Crippen LogP contribution in [0.25, 0.3) is 0 Å². The van der Waals surface area contributed by atoms with E-state index in [4.69, 9.17) is 10.5 Å². The number of amides is 2. The third kappa shape index (κ3) is 3.11. The minimum absolute atomic E-state index is 0.0361. The minimum atomic E-state index is -0.584. The topological polar surface area (TPSA) is 75.9 Å². The van der Waals surface area contributed by atoms with Crippen LogP contribution in [0.1, 0.15) is 26.7 Å². The number of hydrogen-bond donors (Lipinski definition) is 1. The van der Waals surface area contributed by atoms with E-state index in [1.54, 1.807) is 6.92 Å². The standard InChI is InChI=1S/C18H25N3O3/c1-12-7-8-20(14(9-12)10-19)17(22)11-21-15-5-3-4-6-16(15)24-13(2)18(21)23/h3-6,12-14H,7-11,19H2,1-2H3. The monoisotopic (exact) mass is 331 g/mol. The third-order valence-corrected chi connectivity index (χ3v) is 4.94. The molecule has 3 rings (SSSR count). The summed E-state index contributed by atoms with van der Waals surface area (Å²) in [5, 5.41) is 0. The molecule has 2 heterocycles. The number of likely N-dealkylation sites (tertiary alicyclic amines) is 1. The van der Waals surface area contributed by atoms with Gasteiger partial charge in [-0.15, -0.1) is 0 Å². The summed E-state index contributed by atoms with van der Waals surface area (Å²) in [6.07, 6.45) is 1.32. The van der Waals surface area contributed by atoms with E-state index in [9.17, 15) is 9.59 Å². The average molecular weight is 331 g/mol. The summed E-state index contributed by atoms with van der Waals surface area (Å²) >= 11 is 0. The smallest absolute Gasteiger partial charge is 0.268 e. The molecule has 1 fully saturated rings. The Hall–Kier alpha value is -2.08. The van der Waals surface area contributed by atoms with Gasteiger partial charge in [0.1, 0.15) is 12.3 Å². The van der Waals surface area contributed by atoms with E-state index in [1.807, 2.05) is 29.2 Å². The van der Waals surface area contributed by atoms with E-state index in [2.05, 4.69) is 6.92 Å². The lowest BCUT2D eigenvalue weighted by Crippen LogP contribution is -2.54. The second-order valence-corrected chi connectivity index (χ2v) is 6.76. The van der Waals surface area contributed by atoms with Crippen molar-refractivity contribution in [2.24, 2.45) is 11.7 Å². The molecule has 0 bridgehead atoms. The van der Waals surface area contributed by atoms with E-state index in [0.29, 0.717) is 30.4 Å². The molecule has 6 heteroatoms. The van der Waals surface area contributed by atoms with Crippen molar-refractivity contribution in [2.75, 3.05) is 24.5 Å². The molecule has 3 atom stereocenters. The summed E-state index contributed by atoms with van der Waals surface area (Å²) < 4.78 is 5.62. The number of carbonyl (C=O) groups is 2. The molecular weight excluding hydrogens is 306 g/mol. The van der Waals surface area contributed by atoms with Gasteiger partial charge in [0, 0.05) is 19.1 Å². The summed E-state index contributed by atoms with van der Waals surface area (Å²) in [7, 11) is 0. The minimum Gasteiger partial charge on any atom is -0.479 e. The van der Waals surface area contributed by atoms with Crippen molar-refractivity contribution in [3.63, 3.8) is 0 Å². The molecule has 2 aliphatic heterocycles. The predicted octanol–water partition coefficient (Wildman–Crippen LogP) is 1.39. The lowest BCUT2D eigenvalue weighted by atomic mass is 9.92. The van der Waals surface area contributed by atoms with Gasteiger partial charge >= 0.3 is 0 Å². The van der Waals surface area contributed by atoms with Gasteiger partial charge in [0.15, 0.2) is 6.10 Å². The molecule has 1 aromatic carbocycles. The molecule has 0 aliphatic carbocycles. The Morgan fingerprint density at radius 3 is 2.83 bits per heavy atom. The molecule has 0 saturated carbocycles. The molecule has 1 aromatic rings. The number of piperidine rings is 1. The zero-order valence-corrected chi connectivity index (χ0v) is 14.3. The van der Waals surface area contributed by atoms with Crippen LogP contribution in [0, 0.1) is 5.92 Å². The van der Waals surface area contributed by atoms with Crippen LogP contribution in [-0.4, -0.2) is 48.5 Å². The van der Waals surface area contributed by atoms with Crippen molar-refractivity contribution in [3.8, 4) is 5.75 Å². The van der Waals surface area contributed by atoms with Crippen LogP contribution < -0.4 is 15.4 Å². The first-order valence-corrected chi connectivity index (χ1v) is 8.58. The quantitative estimate of drug-likeness (QED) is 0.908. The molecule has 2 aliphatic rings. The zero-order valence-electron chi connectivity index (χ0n) is 14.3. The van der Waals surface area contributed by atoms with Gasteiger partial charge in [0.2, 0.25) is 5.91 Å². The van der Waals surface area contributed by atoms with Crippen LogP contribution in [0.15, 0.2) is 24.3 Å². The summed E-state index contributed by atoms with van der Waals surface area (Å²) in [4.78, 5) is 28.7. The fraction of sp³-hybridized carbons (Fsp3) is 0.556. The Morgan fingerprint density at radius 1 is 1.33 bits per heavy atom. The number of fused-ring (bicyclic) bond motifs is 1. The van der Waals surface area contributed by atoms with Crippen molar-refractivity contribution in [1.29, 1.82) is 0 Å². The summed E-state index contributed by atoms with van der Waals surface area (Å²) in [5.74, 6) is 0.986. The Labute approximate surface area is 142 Å². The van der Waals surface area contributed by atoms with Gasteiger partial charge in [-0.2, -0.15) is 0 Å². The number of nitrogens with zero attached hydrogens (tertiary/aromatic N) is 2. The molecule has 3 unspecified atom stereocenters. The Balaban J connectivity index is 1.79. The maximum absolute atomic E-state index is 12.8. The maximum atomic E-state index is 12.8. The lowest BCUT2D eigenvalue weighted by Gasteiger charge is -2.40. The summed E-state index contributed by atoms with van der Waals surface area (Å²) in [5.41, 5.74) is 6.51. The largest absolute Gasteiger partial charge is 0.479 e. The van der Waals surface area contributed by atoms with Crippen LogP contribution in [0.3, 0.4) is 0 Å². The van der Waals surface area contributed by atoms with Crippen molar-refractivity contribution in [1.82, 2.24) is 4.90 Å². The summed E-state index contributed by atoms with van der Waals surface area (Å²) in [6, 6.07) is 7.39. The number of anilines is 1. The SMILES string of the molecule is CC1CCN(C(=O)CN2C(=O)C(C)Oc3ccccc32)C(CN)C1. The Kier molecular flexibility index (Phi) is 4.76. The molecule has 0 radical (unpaired) electrons. The highest BCUT2D eigenvalue weighted by Gasteiger charge is 2.35. The van der Waals surface area contributed by atoms with Crippen molar-refractivity contribution < 1.29 is 14.3 Å². The van der Waals surface area contributed by atoms with Crippen molar-refractivity contribution in [3.05, 3.63) is 24.3 Å². The lowest BCUT2D eigenvalue weighted by molar-refractivity contribution is -0.136. The van der Waals surface area contributed by atoms with Crippen molar-refractivity contribution >= 4 is 17.5 Å². The first-order valence-electron chi connectivity index (χ1n) is 8.58. The molecule has 1 saturated heterocycles. The maximum Gasteiger partial charge on any atom is 0.268 e. The second kappa shape index (κ2) is 6.81. The summed E-state index contributed by atoms with van der Waals surface area (Å²) in [6.45, 7) is 5.10. The fourth-order valence-corrected chi connectivity index (χ4v) is 3.55. The average Bonchev–Trinajstić information content (AvgIpc) is 2.58. The highest BCUT2D eigenvalue weighted by molar-refractivity contribution is 6.03. The number of hydrogen-bond acceptors (Lipinski definition) is 4. The molecule has 6 nitrogen and oxygen atoms in total. The van der Waals surface area contributed by atoms with Gasteiger partial charge in [0.05, 0.1) is 5.69 Å². The van der Waals surface area contributed by atoms with Crippen LogP contribution in [0.2, 0.25) is 0 Å². The van der Waals surface area contributed by atoms with Crippen LogP contribution in [-0.2, 0) is 9.59 Å². The van der Waals surface area contributed by atoms with Gasteiger partial charge in [-0.05, 0) is 37.8 Å². The van der Waals surface area contributed by atoms with Crippen LogP contribution in [0.4, 0.5) is 5.69 Å². The zero-order chi connectivity index (χ0) is 17.3. The first-order chi connectivity index (χ1) is 11.5. The number of carbonyl (C=O) groups excluding carboxylic acids is 2. The molecular formula is C18H25N3O3. The number of ether oxygens (including phenoxy) is 1. The normalized spacial score (nSPS) is 26.8. The molecule has 0 aromatic heterocycles. The van der Waals surface area contributed by atoms with Crippen molar-refractivity contribution in [2.45, 2.75) is 38.8 Å². The van der Waals surface area contributed by atoms with Gasteiger partial charge in [-0.1, -0.05) is 19.1 Å². The molecule has 2 amide bonds. The number of rotatable bonds is 3. The number of nitrogens with two attached hydrogens (primary N) is 1. The molecule has 0 spiro atoms. The molecule has 24 heavy (non-hydrogen) atoms. The Bertz CT molecular complexity index is 634. The van der Waals surface area contributed by atoms with E-state index >= 15 is 0 Å². The number of para-hydroxylation sites is 2. The number of benzene rings is 1. The predicted molar refractivity (Wildman–Crippen MR) is 91.8 cm³/mol. The van der Waals surface area contributed by atoms with E-state index in [1.165, 1.54) is 4.90 Å². The van der Waals surface area contributed by atoms with E-state index < -0.39 is 6.10 Å². The highest BCUT2D eigenvalue weighted by Crippen LogP contribution is 2.33. The highest BCUT2D eigenvalue weighted by atomic mass is 16.5. The first kappa shape index (κ1) is 16.8. The molecule has 2 N–H and O–H groups in total. The van der Waals surface area contributed by atoms with Crippen LogP contribution >= 0.6 is 0 Å². The van der Waals surface area contributed by atoms with Crippen LogP contribution in [0.5, 0.6) is 5.75 Å². The fourth-order valence-electron chi connectivity index (χ4n) is 3.55. The van der Waals surface area contributed by atoms with E-state index in [0.717, 1.165) is 12.8 Å². The van der Waals surface area contributed by atoms with E-state index in [-0.39, 0.29) is 24.4 Å². The van der Waals surface area contributed by atoms with Gasteiger partial charge in [-0.3, -0.25) is 14.5 Å².